The summed E-state index contributed by atoms with van der Waals surface area (Å²) in [7, 11) is 0. The lowest BCUT2D eigenvalue weighted by atomic mass is 10.2. The predicted octanol–water partition coefficient (Wildman–Crippen LogP) is -0.599. The molecule has 0 N–H and O–H groups in total. The van der Waals surface area contributed by atoms with Crippen molar-refractivity contribution < 1.29 is 9.90 Å². The molecule has 5 nitrogen and oxygen atoms in total. The number of aryl methyl sites for hydroxylation is 1. The SMILES string of the molecule is Cc1nn2cccnc2c1C(=O)[O-]. The maximum absolute atomic E-state index is 10.7. The van der Waals surface area contributed by atoms with E-state index in [-0.39, 0.29) is 5.56 Å². The fraction of sp³-hybridized carbons (Fsp3) is 0.125. The normalized spacial score (nSPS) is 10.5. The number of carboxylic acids is 1. The van der Waals surface area contributed by atoms with E-state index in [0.717, 1.165) is 0 Å². The van der Waals surface area contributed by atoms with Gasteiger partial charge < -0.3 is 9.90 Å². The van der Waals surface area contributed by atoms with Crippen molar-refractivity contribution in [1.82, 2.24) is 14.6 Å². The molecule has 0 saturated heterocycles. The molecule has 0 fully saturated rings. The Hall–Kier alpha value is -1.91. The van der Waals surface area contributed by atoms with Gasteiger partial charge in [0.1, 0.15) is 0 Å². The highest BCUT2D eigenvalue weighted by Gasteiger charge is 2.09. The van der Waals surface area contributed by atoms with Crippen LogP contribution in [0.4, 0.5) is 0 Å². The maximum atomic E-state index is 10.7. The second-order valence-corrected chi connectivity index (χ2v) is 2.64. The van der Waals surface area contributed by atoms with Gasteiger partial charge in [-0.2, -0.15) is 5.10 Å². The van der Waals surface area contributed by atoms with Crippen LogP contribution in [0.15, 0.2) is 18.5 Å². The first-order chi connectivity index (χ1) is 6.20. The van der Waals surface area contributed by atoms with Crippen LogP contribution in [0.5, 0.6) is 0 Å². The highest BCUT2D eigenvalue weighted by Crippen LogP contribution is 2.10. The van der Waals surface area contributed by atoms with Gasteiger partial charge in [0.2, 0.25) is 0 Å². The molecule has 0 saturated carbocycles. The Morgan fingerprint density at radius 1 is 1.62 bits per heavy atom. The summed E-state index contributed by atoms with van der Waals surface area (Å²) in [5, 5.41) is 14.7. The van der Waals surface area contributed by atoms with E-state index in [1.54, 1.807) is 19.2 Å². The largest absolute Gasteiger partial charge is 0.545 e. The number of nitrogens with zero attached hydrogens (tertiary/aromatic N) is 3. The molecule has 0 atom stereocenters. The quantitative estimate of drug-likeness (QED) is 0.581. The molecule has 13 heavy (non-hydrogen) atoms. The van der Waals surface area contributed by atoms with Crippen LogP contribution >= 0.6 is 0 Å². The van der Waals surface area contributed by atoms with Crippen LogP contribution in [0.1, 0.15) is 16.1 Å². The number of fused-ring (bicyclic) bond motifs is 1. The molecular formula is C8H6N3O2-. The van der Waals surface area contributed by atoms with Crippen LogP contribution in [-0.4, -0.2) is 20.6 Å². The molecule has 0 unspecified atom stereocenters. The molecule has 0 aliphatic rings. The van der Waals surface area contributed by atoms with Crippen molar-refractivity contribution in [2.75, 3.05) is 0 Å². The van der Waals surface area contributed by atoms with Gasteiger partial charge in [-0.1, -0.05) is 0 Å². The lowest BCUT2D eigenvalue weighted by Gasteiger charge is -1.98. The van der Waals surface area contributed by atoms with Crippen molar-refractivity contribution in [3.8, 4) is 0 Å². The number of rotatable bonds is 1. The third-order valence-corrected chi connectivity index (χ3v) is 1.77. The van der Waals surface area contributed by atoms with Gasteiger partial charge in [0.25, 0.3) is 0 Å². The van der Waals surface area contributed by atoms with E-state index in [2.05, 4.69) is 10.1 Å². The monoisotopic (exact) mass is 176 g/mol. The molecule has 2 aromatic heterocycles. The molecule has 2 aromatic rings. The number of carboxylic acid groups (broad SMARTS) is 1. The molecule has 0 aliphatic carbocycles. The van der Waals surface area contributed by atoms with Crippen molar-refractivity contribution >= 4 is 11.6 Å². The second-order valence-electron chi connectivity index (χ2n) is 2.64. The second kappa shape index (κ2) is 2.55. The smallest absolute Gasteiger partial charge is 0.164 e. The summed E-state index contributed by atoms with van der Waals surface area (Å²) in [6.45, 7) is 1.61. The summed E-state index contributed by atoms with van der Waals surface area (Å²) < 4.78 is 1.42. The van der Waals surface area contributed by atoms with Gasteiger partial charge in [0, 0.05) is 12.4 Å². The van der Waals surface area contributed by atoms with Gasteiger partial charge in [0.05, 0.1) is 17.2 Å². The topological polar surface area (TPSA) is 70.3 Å². The first-order valence-electron chi connectivity index (χ1n) is 3.71. The Labute approximate surface area is 73.6 Å². The van der Waals surface area contributed by atoms with Crippen LogP contribution in [0.3, 0.4) is 0 Å². The van der Waals surface area contributed by atoms with E-state index in [0.29, 0.717) is 11.3 Å². The van der Waals surface area contributed by atoms with Crippen LogP contribution in [-0.2, 0) is 0 Å². The Morgan fingerprint density at radius 3 is 3.08 bits per heavy atom. The van der Waals surface area contributed by atoms with Gasteiger partial charge in [-0.3, -0.25) is 0 Å². The summed E-state index contributed by atoms with van der Waals surface area (Å²) in [5.41, 5.74) is 0.791. The van der Waals surface area contributed by atoms with E-state index in [9.17, 15) is 9.90 Å². The first-order valence-corrected chi connectivity index (χ1v) is 3.71. The zero-order valence-corrected chi connectivity index (χ0v) is 6.89. The van der Waals surface area contributed by atoms with Crippen LogP contribution in [0, 0.1) is 6.92 Å². The summed E-state index contributed by atoms with van der Waals surface area (Å²) >= 11 is 0. The Bertz CT molecular complexity index is 475. The molecule has 0 amide bonds. The average Bonchev–Trinajstić information content (AvgIpc) is 2.39. The highest BCUT2D eigenvalue weighted by molar-refractivity contribution is 5.94. The van der Waals surface area contributed by atoms with Crippen molar-refractivity contribution in [3.63, 3.8) is 0 Å². The van der Waals surface area contributed by atoms with Crippen LogP contribution in [0.25, 0.3) is 5.65 Å². The standard InChI is InChI=1S/C8H7N3O2/c1-5-6(8(12)13)7-9-3-2-4-11(7)10-5/h2-4H,1H3,(H,12,13)/p-1. The van der Waals surface area contributed by atoms with Gasteiger partial charge >= 0.3 is 0 Å². The minimum Gasteiger partial charge on any atom is -0.545 e. The molecule has 66 valence electrons. The molecule has 2 heterocycles. The lowest BCUT2D eigenvalue weighted by molar-refractivity contribution is -0.254. The lowest BCUT2D eigenvalue weighted by Crippen LogP contribution is -2.23. The molecule has 2 rings (SSSR count). The fourth-order valence-electron chi connectivity index (χ4n) is 1.24. The van der Waals surface area contributed by atoms with Crippen LogP contribution in [0.2, 0.25) is 0 Å². The molecule has 0 radical (unpaired) electrons. The van der Waals surface area contributed by atoms with E-state index < -0.39 is 5.97 Å². The zero-order valence-electron chi connectivity index (χ0n) is 6.89. The number of hydrogen-bond acceptors (Lipinski definition) is 4. The predicted molar refractivity (Wildman–Crippen MR) is 42.1 cm³/mol. The Balaban J connectivity index is 2.86. The summed E-state index contributed by atoms with van der Waals surface area (Å²) in [6, 6.07) is 1.68. The number of carbonyl (C=O) groups excluding carboxylic acids is 1. The van der Waals surface area contributed by atoms with E-state index in [1.165, 1.54) is 10.7 Å². The minimum atomic E-state index is -1.24. The minimum absolute atomic E-state index is 0.0561. The third-order valence-electron chi connectivity index (χ3n) is 1.77. The van der Waals surface area contributed by atoms with Crippen LogP contribution < -0.4 is 5.11 Å². The summed E-state index contributed by atoms with van der Waals surface area (Å²) in [5.74, 6) is -1.24. The molecule has 0 aliphatic heterocycles. The molecular weight excluding hydrogens is 170 g/mol. The highest BCUT2D eigenvalue weighted by atomic mass is 16.4. The molecule has 0 bridgehead atoms. The number of carbonyl (C=O) groups is 1. The Kier molecular flexibility index (Phi) is 1.51. The van der Waals surface area contributed by atoms with Crippen molar-refractivity contribution in [2.45, 2.75) is 6.92 Å². The zero-order chi connectivity index (χ0) is 9.42. The van der Waals surface area contributed by atoms with Gasteiger partial charge in [-0.05, 0) is 13.0 Å². The Morgan fingerprint density at radius 2 is 2.38 bits per heavy atom. The van der Waals surface area contributed by atoms with Gasteiger partial charge in [-0.15, -0.1) is 0 Å². The fourth-order valence-corrected chi connectivity index (χ4v) is 1.24. The van der Waals surface area contributed by atoms with Gasteiger partial charge in [0.15, 0.2) is 5.65 Å². The number of hydrogen-bond donors (Lipinski definition) is 0. The molecule has 5 heteroatoms. The number of aromatic carboxylic acids is 1. The first kappa shape index (κ1) is 7.72. The molecule has 0 spiro atoms. The summed E-state index contributed by atoms with van der Waals surface area (Å²) in [6.07, 6.45) is 3.16. The van der Waals surface area contributed by atoms with Gasteiger partial charge in [-0.25, -0.2) is 9.50 Å². The van der Waals surface area contributed by atoms with E-state index >= 15 is 0 Å². The van der Waals surface area contributed by atoms with E-state index in [4.69, 9.17) is 0 Å². The number of aromatic nitrogens is 3. The van der Waals surface area contributed by atoms with Crippen molar-refractivity contribution in [2.24, 2.45) is 0 Å². The average molecular weight is 176 g/mol. The maximum Gasteiger partial charge on any atom is 0.164 e. The van der Waals surface area contributed by atoms with Crippen molar-refractivity contribution in [1.29, 1.82) is 0 Å². The summed E-state index contributed by atoms with van der Waals surface area (Å²) in [4.78, 5) is 14.6. The van der Waals surface area contributed by atoms with Crippen molar-refractivity contribution in [3.05, 3.63) is 29.7 Å². The van der Waals surface area contributed by atoms with E-state index in [1.807, 2.05) is 0 Å². The molecule has 0 aromatic carbocycles. The third kappa shape index (κ3) is 1.05.